The van der Waals surface area contributed by atoms with Gasteiger partial charge in [0.2, 0.25) is 11.1 Å². The van der Waals surface area contributed by atoms with E-state index in [9.17, 15) is 4.79 Å². The van der Waals surface area contributed by atoms with Gasteiger partial charge in [-0.05, 0) is 50.5 Å². The van der Waals surface area contributed by atoms with E-state index in [-0.39, 0.29) is 12.1 Å². The number of ether oxygens (including phenoxy) is 2. The van der Waals surface area contributed by atoms with E-state index < -0.39 is 6.04 Å². The second-order valence-corrected chi connectivity index (χ2v) is 9.67. The summed E-state index contributed by atoms with van der Waals surface area (Å²) in [7, 11) is 0. The van der Waals surface area contributed by atoms with Crippen LogP contribution in [0.15, 0.2) is 71.0 Å². The number of thioether (sulfide) groups is 1. The number of unbranched alkanes of at least 4 members (excludes halogenated alkanes) is 1. The molecule has 2 heterocycles. The van der Waals surface area contributed by atoms with Crippen LogP contribution in [0, 0.1) is 0 Å². The molecule has 2 aromatic carbocycles. The normalized spacial score (nSPS) is 15.1. The van der Waals surface area contributed by atoms with Crippen molar-refractivity contribution < 1.29 is 14.3 Å². The van der Waals surface area contributed by atoms with E-state index in [1.54, 1.807) is 16.4 Å². The van der Waals surface area contributed by atoms with Crippen LogP contribution in [-0.2, 0) is 15.3 Å². The van der Waals surface area contributed by atoms with Crippen molar-refractivity contribution in [3.05, 3.63) is 77.0 Å². The first-order valence-electron chi connectivity index (χ1n) is 12.0. The average Bonchev–Trinajstić information content (AvgIpc) is 3.24. The van der Waals surface area contributed by atoms with Crippen LogP contribution in [0.2, 0.25) is 0 Å². The first-order valence-corrected chi connectivity index (χ1v) is 13.0. The molecular formula is C27H32N4O3S. The molecule has 7 nitrogen and oxygen atoms in total. The Kier molecular flexibility index (Phi) is 8.13. The molecule has 0 bridgehead atoms. The molecule has 184 valence electrons. The maximum atomic E-state index is 13.2. The number of nitrogens with one attached hydrogen (secondary N) is 1. The Morgan fingerprint density at radius 1 is 1.17 bits per heavy atom. The van der Waals surface area contributed by atoms with E-state index in [1.807, 2.05) is 63.2 Å². The zero-order valence-electron chi connectivity index (χ0n) is 20.7. The first-order chi connectivity index (χ1) is 17.0. The van der Waals surface area contributed by atoms with Crippen molar-refractivity contribution in [1.29, 1.82) is 0 Å². The summed E-state index contributed by atoms with van der Waals surface area (Å²) < 4.78 is 13.3. The lowest BCUT2D eigenvalue weighted by molar-refractivity contribution is -0.143. The Balaban J connectivity index is 1.68. The standard InChI is InChI=1S/C27H32N4O3S/c1-5-6-15-33-22-14-10-13-21(16-22)24-23(25(32)34-18(2)3)19(4)28-26-29-27(30-31(24)26)35-17-20-11-8-7-9-12-20/h7-14,16,18,24H,5-6,15,17H2,1-4H3,(H,28,29,30). The van der Waals surface area contributed by atoms with Gasteiger partial charge in [0.25, 0.3) is 0 Å². The summed E-state index contributed by atoms with van der Waals surface area (Å²) in [5.41, 5.74) is 3.31. The van der Waals surface area contributed by atoms with E-state index in [4.69, 9.17) is 19.6 Å². The Morgan fingerprint density at radius 3 is 2.71 bits per heavy atom. The number of fused-ring (bicyclic) bond motifs is 1. The second-order valence-electron chi connectivity index (χ2n) is 8.73. The second kappa shape index (κ2) is 11.4. The summed E-state index contributed by atoms with van der Waals surface area (Å²) in [5.74, 6) is 1.75. The van der Waals surface area contributed by atoms with Crippen LogP contribution in [0.3, 0.4) is 0 Å². The molecule has 0 radical (unpaired) electrons. The highest BCUT2D eigenvalue weighted by molar-refractivity contribution is 7.98. The Bertz CT molecular complexity index is 1190. The van der Waals surface area contributed by atoms with Crippen molar-refractivity contribution >= 4 is 23.7 Å². The lowest BCUT2D eigenvalue weighted by Gasteiger charge is -2.28. The molecule has 1 aliphatic rings. The van der Waals surface area contributed by atoms with Gasteiger partial charge < -0.3 is 14.8 Å². The predicted molar refractivity (Wildman–Crippen MR) is 139 cm³/mol. The fourth-order valence-corrected chi connectivity index (χ4v) is 4.66. The van der Waals surface area contributed by atoms with Gasteiger partial charge in [-0.2, -0.15) is 4.98 Å². The Labute approximate surface area is 210 Å². The third-order valence-electron chi connectivity index (χ3n) is 5.55. The molecule has 0 aliphatic carbocycles. The summed E-state index contributed by atoms with van der Waals surface area (Å²) >= 11 is 1.56. The number of rotatable bonds is 10. The summed E-state index contributed by atoms with van der Waals surface area (Å²) in [6.07, 6.45) is 1.81. The fourth-order valence-electron chi connectivity index (χ4n) is 3.87. The number of allylic oxidation sites excluding steroid dienone is 1. The smallest absolute Gasteiger partial charge is 0.338 e. The van der Waals surface area contributed by atoms with Crippen molar-refractivity contribution in [2.45, 2.75) is 63.6 Å². The van der Waals surface area contributed by atoms with Gasteiger partial charge in [-0.3, -0.25) is 0 Å². The predicted octanol–water partition coefficient (Wildman–Crippen LogP) is 5.99. The summed E-state index contributed by atoms with van der Waals surface area (Å²) in [6, 6.07) is 17.6. The van der Waals surface area contributed by atoms with Gasteiger partial charge in [-0.15, -0.1) is 5.10 Å². The number of aromatic nitrogens is 3. The molecule has 0 spiro atoms. The maximum Gasteiger partial charge on any atom is 0.338 e. The number of nitrogens with zero attached hydrogens (tertiary/aromatic N) is 3. The van der Waals surface area contributed by atoms with Gasteiger partial charge in [-0.25, -0.2) is 9.48 Å². The quantitative estimate of drug-likeness (QED) is 0.212. The van der Waals surface area contributed by atoms with E-state index in [0.29, 0.717) is 29.0 Å². The maximum absolute atomic E-state index is 13.2. The lowest BCUT2D eigenvalue weighted by Crippen LogP contribution is -2.30. The summed E-state index contributed by atoms with van der Waals surface area (Å²) in [6.45, 7) is 8.36. The molecule has 0 fully saturated rings. The van der Waals surface area contributed by atoms with Crippen LogP contribution in [0.5, 0.6) is 5.75 Å². The molecule has 3 aromatic rings. The number of carbonyl (C=O) groups excluding carboxylic acids is 1. The van der Waals surface area contributed by atoms with Crippen LogP contribution in [0.4, 0.5) is 5.95 Å². The third-order valence-corrected chi connectivity index (χ3v) is 6.46. The van der Waals surface area contributed by atoms with Gasteiger partial charge >= 0.3 is 5.97 Å². The molecule has 1 aromatic heterocycles. The monoisotopic (exact) mass is 492 g/mol. The number of carbonyl (C=O) groups is 1. The first kappa shape index (κ1) is 24.9. The van der Waals surface area contributed by atoms with Gasteiger partial charge in [0, 0.05) is 11.4 Å². The molecule has 0 saturated carbocycles. The summed E-state index contributed by atoms with van der Waals surface area (Å²) in [4.78, 5) is 17.9. The van der Waals surface area contributed by atoms with Crippen LogP contribution < -0.4 is 10.1 Å². The van der Waals surface area contributed by atoms with Gasteiger partial charge in [0.15, 0.2) is 0 Å². The topological polar surface area (TPSA) is 78.3 Å². The van der Waals surface area contributed by atoms with Crippen molar-refractivity contribution in [2.75, 3.05) is 11.9 Å². The number of hydrogen-bond acceptors (Lipinski definition) is 7. The highest BCUT2D eigenvalue weighted by Gasteiger charge is 2.35. The van der Waals surface area contributed by atoms with Crippen molar-refractivity contribution in [3.63, 3.8) is 0 Å². The van der Waals surface area contributed by atoms with E-state index in [0.717, 1.165) is 29.9 Å². The average molecular weight is 493 g/mol. The van der Waals surface area contributed by atoms with Crippen LogP contribution in [-0.4, -0.2) is 33.4 Å². The summed E-state index contributed by atoms with van der Waals surface area (Å²) in [5, 5.41) is 8.70. The lowest BCUT2D eigenvalue weighted by atomic mass is 9.95. The van der Waals surface area contributed by atoms with Crippen LogP contribution in [0.1, 0.15) is 57.7 Å². The molecule has 4 rings (SSSR count). The Hall–Kier alpha value is -3.26. The van der Waals surface area contributed by atoms with Gasteiger partial charge in [-0.1, -0.05) is 67.6 Å². The van der Waals surface area contributed by atoms with Crippen molar-refractivity contribution in [3.8, 4) is 5.75 Å². The molecule has 1 atom stereocenters. The fraction of sp³-hybridized carbons (Fsp3) is 0.370. The van der Waals surface area contributed by atoms with Crippen LogP contribution in [0.25, 0.3) is 0 Å². The minimum atomic E-state index is -0.481. The molecule has 1 N–H and O–H groups in total. The molecule has 0 amide bonds. The number of hydrogen-bond donors (Lipinski definition) is 1. The molecule has 35 heavy (non-hydrogen) atoms. The molecule has 0 saturated heterocycles. The van der Waals surface area contributed by atoms with Gasteiger partial charge in [0.1, 0.15) is 11.8 Å². The van der Waals surface area contributed by atoms with E-state index in [1.165, 1.54) is 5.56 Å². The zero-order chi connectivity index (χ0) is 24.8. The Morgan fingerprint density at radius 2 is 1.97 bits per heavy atom. The third kappa shape index (κ3) is 6.06. The molecule has 1 unspecified atom stereocenters. The van der Waals surface area contributed by atoms with Gasteiger partial charge in [0.05, 0.1) is 18.3 Å². The number of anilines is 1. The minimum Gasteiger partial charge on any atom is -0.494 e. The largest absolute Gasteiger partial charge is 0.494 e. The number of esters is 1. The van der Waals surface area contributed by atoms with E-state index in [2.05, 4.69) is 24.4 Å². The van der Waals surface area contributed by atoms with E-state index >= 15 is 0 Å². The molecule has 1 aliphatic heterocycles. The molecular weight excluding hydrogens is 460 g/mol. The zero-order valence-corrected chi connectivity index (χ0v) is 21.5. The van der Waals surface area contributed by atoms with Crippen molar-refractivity contribution in [2.24, 2.45) is 0 Å². The molecule has 8 heteroatoms. The SMILES string of the molecule is CCCCOc1cccc(C2C(C(=O)OC(C)C)=C(C)Nc3nc(SCc4ccccc4)nn32)c1. The number of benzene rings is 2. The highest BCUT2D eigenvalue weighted by atomic mass is 32.2. The minimum absolute atomic E-state index is 0.235. The van der Waals surface area contributed by atoms with Crippen LogP contribution >= 0.6 is 11.8 Å². The van der Waals surface area contributed by atoms with Crippen molar-refractivity contribution in [1.82, 2.24) is 14.8 Å². The highest BCUT2D eigenvalue weighted by Crippen LogP contribution is 2.38.